The molecule has 0 radical (unpaired) electrons. The minimum absolute atomic E-state index is 0.220. The topological polar surface area (TPSA) is 61.8 Å². The van der Waals surface area contributed by atoms with Crippen LogP contribution < -0.4 is 0 Å². The first-order valence-electron chi connectivity index (χ1n) is 8.56. The summed E-state index contributed by atoms with van der Waals surface area (Å²) >= 11 is 0. The molecular formula is C19H24O5. The second kappa shape index (κ2) is 7.34. The van der Waals surface area contributed by atoms with Crippen molar-refractivity contribution in [2.75, 3.05) is 13.7 Å². The molecule has 0 N–H and O–H groups in total. The summed E-state index contributed by atoms with van der Waals surface area (Å²) in [5, 5.41) is 0. The van der Waals surface area contributed by atoms with Crippen LogP contribution in [0.25, 0.3) is 0 Å². The molecule has 0 bridgehead atoms. The predicted molar refractivity (Wildman–Crippen MR) is 87.0 cm³/mol. The first-order valence-corrected chi connectivity index (χ1v) is 8.56. The van der Waals surface area contributed by atoms with E-state index < -0.39 is 11.8 Å². The van der Waals surface area contributed by atoms with Gasteiger partial charge in [-0.15, -0.1) is 0 Å². The van der Waals surface area contributed by atoms with E-state index in [-0.39, 0.29) is 24.1 Å². The molecule has 3 atom stereocenters. The number of rotatable bonds is 4. The highest BCUT2D eigenvalue weighted by atomic mass is 16.5. The van der Waals surface area contributed by atoms with E-state index in [0.29, 0.717) is 19.4 Å². The van der Waals surface area contributed by atoms with E-state index in [1.165, 1.54) is 7.11 Å². The first kappa shape index (κ1) is 17.0. The number of methoxy groups -OCH3 is 1. The van der Waals surface area contributed by atoms with Crippen molar-refractivity contribution in [3.8, 4) is 0 Å². The van der Waals surface area contributed by atoms with Crippen molar-refractivity contribution >= 4 is 11.9 Å². The Morgan fingerprint density at radius 3 is 2.46 bits per heavy atom. The fourth-order valence-electron chi connectivity index (χ4n) is 3.88. The number of benzene rings is 1. The average Bonchev–Trinajstić information content (AvgIpc) is 2.99. The summed E-state index contributed by atoms with van der Waals surface area (Å²) in [6.07, 6.45) is 4.08. The quantitative estimate of drug-likeness (QED) is 0.794. The van der Waals surface area contributed by atoms with Crippen LogP contribution in [-0.2, 0) is 30.4 Å². The summed E-state index contributed by atoms with van der Waals surface area (Å²) in [6.45, 7) is 0.914. The van der Waals surface area contributed by atoms with E-state index in [1.807, 2.05) is 30.3 Å². The third kappa shape index (κ3) is 3.61. The zero-order chi connectivity index (χ0) is 17.0. The number of carbonyl (C=O) groups is 2. The van der Waals surface area contributed by atoms with Gasteiger partial charge in [-0.1, -0.05) is 30.3 Å². The second-order valence-corrected chi connectivity index (χ2v) is 6.73. The van der Waals surface area contributed by atoms with Crippen molar-refractivity contribution in [1.29, 1.82) is 0 Å². The van der Waals surface area contributed by atoms with Gasteiger partial charge in [0, 0.05) is 6.61 Å². The Labute approximate surface area is 142 Å². The van der Waals surface area contributed by atoms with E-state index in [0.717, 1.165) is 24.8 Å². The third-order valence-corrected chi connectivity index (χ3v) is 5.14. The molecule has 1 heterocycles. The first-order chi connectivity index (χ1) is 11.6. The Morgan fingerprint density at radius 2 is 1.83 bits per heavy atom. The molecule has 3 rings (SSSR count). The minimum atomic E-state index is -0.487. The molecule has 1 saturated carbocycles. The molecule has 1 spiro atoms. The maximum atomic E-state index is 12.6. The van der Waals surface area contributed by atoms with Crippen molar-refractivity contribution in [1.82, 2.24) is 0 Å². The Balaban J connectivity index is 1.68. The number of hydrogen-bond acceptors (Lipinski definition) is 5. The molecular weight excluding hydrogens is 308 g/mol. The molecule has 0 amide bonds. The molecule has 5 nitrogen and oxygen atoms in total. The highest BCUT2D eigenvalue weighted by Crippen LogP contribution is 2.47. The van der Waals surface area contributed by atoms with Crippen LogP contribution in [0.5, 0.6) is 0 Å². The van der Waals surface area contributed by atoms with Gasteiger partial charge in [-0.05, 0) is 37.7 Å². The van der Waals surface area contributed by atoms with Gasteiger partial charge >= 0.3 is 11.9 Å². The lowest BCUT2D eigenvalue weighted by molar-refractivity contribution is -0.158. The maximum absolute atomic E-state index is 12.6. The van der Waals surface area contributed by atoms with Crippen LogP contribution in [0.4, 0.5) is 0 Å². The van der Waals surface area contributed by atoms with Gasteiger partial charge in [0.1, 0.15) is 6.61 Å². The van der Waals surface area contributed by atoms with Crippen molar-refractivity contribution in [2.24, 2.45) is 11.8 Å². The van der Waals surface area contributed by atoms with E-state index in [2.05, 4.69) is 0 Å². The zero-order valence-corrected chi connectivity index (χ0v) is 14.0. The SMILES string of the molecule is COC(=O)C1CC2(CCCCO2)CC1C(=O)OCc1ccccc1. The maximum Gasteiger partial charge on any atom is 0.310 e. The van der Waals surface area contributed by atoms with Crippen LogP contribution in [0.15, 0.2) is 30.3 Å². The van der Waals surface area contributed by atoms with E-state index >= 15 is 0 Å². The van der Waals surface area contributed by atoms with Crippen molar-refractivity contribution in [3.63, 3.8) is 0 Å². The van der Waals surface area contributed by atoms with Gasteiger partial charge < -0.3 is 14.2 Å². The van der Waals surface area contributed by atoms with Gasteiger partial charge in [0.25, 0.3) is 0 Å². The van der Waals surface area contributed by atoms with Gasteiger partial charge in [-0.25, -0.2) is 0 Å². The lowest BCUT2D eigenvalue weighted by atomic mass is 9.91. The lowest BCUT2D eigenvalue weighted by Crippen LogP contribution is -2.34. The summed E-state index contributed by atoms with van der Waals surface area (Å²) in [7, 11) is 1.36. The van der Waals surface area contributed by atoms with Crippen molar-refractivity contribution in [3.05, 3.63) is 35.9 Å². The van der Waals surface area contributed by atoms with Crippen LogP contribution in [-0.4, -0.2) is 31.3 Å². The van der Waals surface area contributed by atoms with Crippen LogP contribution in [0.2, 0.25) is 0 Å². The largest absolute Gasteiger partial charge is 0.469 e. The van der Waals surface area contributed by atoms with Crippen LogP contribution in [0.1, 0.15) is 37.7 Å². The molecule has 24 heavy (non-hydrogen) atoms. The predicted octanol–water partition coefficient (Wildman–Crippen LogP) is 2.87. The zero-order valence-electron chi connectivity index (χ0n) is 14.0. The van der Waals surface area contributed by atoms with Gasteiger partial charge in [-0.2, -0.15) is 0 Å². The molecule has 1 aromatic rings. The molecule has 1 aromatic carbocycles. The summed E-state index contributed by atoms with van der Waals surface area (Å²) in [4.78, 5) is 24.7. The lowest BCUT2D eigenvalue weighted by Gasteiger charge is -2.33. The Kier molecular flexibility index (Phi) is 5.19. The van der Waals surface area contributed by atoms with Gasteiger partial charge in [-0.3, -0.25) is 9.59 Å². The highest BCUT2D eigenvalue weighted by molar-refractivity contribution is 5.83. The number of hydrogen-bond donors (Lipinski definition) is 0. The van der Waals surface area contributed by atoms with Gasteiger partial charge in [0.2, 0.25) is 0 Å². The summed E-state index contributed by atoms with van der Waals surface area (Å²) in [5.74, 6) is -1.64. The molecule has 1 aliphatic carbocycles. The Morgan fingerprint density at radius 1 is 1.12 bits per heavy atom. The highest BCUT2D eigenvalue weighted by Gasteiger charge is 2.53. The molecule has 2 fully saturated rings. The average molecular weight is 332 g/mol. The van der Waals surface area contributed by atoms with Crippen LogP contribution >= 0.6 is 0 Å². The van der Waals surface area contributed by atoms with Crippen molar-refractivity contribution in [2.45, 2.75) is 44.3 Å². The second-order valence-electron chi connectivity index (χ2n) is 6.73. The Hall–Kier alpha value is -1.88. The molecule has 5 heteroatoms. The molecule has 1 aliphatic heterocycles. The minimum Gasteiger partial charge on any atom is -0.469 e. The van der Waals surface area contributed by atoms with Crippen LogP contribution in [0, 0.1) is 11.8 Å². The molecule has 0 aromatic heterocycles. The van der Waals surface area contributed by atoms with E-state index in [1.54, 1.807) is 0 Å². The van der Waals surface area contributed by atoms with Crippen LogP contribution in [0.3, 0.4) is 0 Å². The number of carbonyl (C=O) groups excluding carboxylic acids is 2. The third-order valence-electron chi connectivity index (χ3n) is 5.14. The number of ether oxygens (including phenoxy) is 3. The monoisotopic (exact) mass is 332 g/mol. The van der Waals surface area contributed by atoms with Crippen molar-refractivity contribution < 1.29 is 23.8 Å². The van der Waals surface area contributed by atoms with Gasteiger partial charge in [0.15, 0.2) is 0 Å². The smallest absolute Gasteiger partial charge is 0.310 e. The summed E-state index contributed by atoms with van der Waals surface area (Å²) < 4.78 is 16.4. The van der Waals surface area contributed by atoms with E-state index in [4.69, 9.17) is 14.2 Å². The standard InChI is InChI=1S/C19H24O5/c1-22-17(20)15-11-19(9-5-6-10-24-19)12-16(15)18(21)23-13-14-7-3-2-4-8-14/h2-4,7-8,15-16H,5-6,9-13H2,1H3. The fraction of sp³-hybridized carbons (Fsp3) is 0.579. The van der Waals surface area contributed by atoms with Gasteiger partial charge in [0.05, 0.1) is 24.5 Å². The summed E-state index contributed by atoms with van der Waals surface area (Å²) in [5.41, 5.74) is 0.565. The fourth-order valence-corrected chi connectivity index (χ4v) is 3.88. The summed E-state index contributed by atoms with van der Waals surface area (Å²) in [6, 6.07) is 9.54. The molecule has 130 valence electrons. The molecule has 1 saturated heterocycles. The number of esters is 2. The molecule has 3 unspecified atom stereocenters. The van der Waals surface area contributed by atoms with E-state index in [9.17, 15) is 9.59 Å². The Bertz CT molecular complexity index is 577. The molecule has 2 aliphatic rings. The normalized spacial score (nSPS) is 29.4.